The number of carbonyl (C=O) groups excluding carboxylic acids is 1. The molecule has 1 aliphatic heterocycles. The second-order valence-electron chi connectivity index (χ2n) is 6.52. The Hall–Kier alpha value is -2.69. The van der Waals surface area contributed by atoms with Gasteiger partial charge in [0.05, 0.1) is 25.6 Å². The van der Waals surface area contributed by atoms with E-state index in [1.807, 2.05) is 25.1 Å². The van der Waals surface area contributed by atoms with Gasteiger partial charge in [0, 0.05) is 24.2 Å². The van der Waals surface area contributed by atoms with Crippen LogP contribution in [0.3, 0.4) is 0 Å². The largest absolute Gasteiger partial charge is 0.496 e. The molecule has 1 amide bonds. The number of hydrogen-bond donors (Lipinski definition) is 1. The zero-order valence-corrected chi connectivity index (χ0v) is 15.7. The number of hydrogen-bond acceptors (Lipinski definition) is 4. The van der Waals surface area contributed by atoms with Crippen LogP contribution in [0.1, 0.15) is 35.2 Å². The molecular weight excluding hydrogens is 328 g/mol. The minimum atomic E-state index is -0.175. The summed E-state index contributed by atoms with van der Waals surface area (Å²) >= 11 is 0. The smallest absolute Gasteiger partial charge is 0.255 e. The van der Waals surface area contributed by atoms with Crippen molar-refractivity contribution in [1.29, 1.82) is 0 Å². The van der Waals surface area contributed by atoms with Crippen LogP contribution < -0.4 is 19.7 Å². The molecule has 2 aromatic rings. The number of amides is 1. The average molecular weight is 354 g/mol. The van der Waals surface area contributed by atoms with Crippen LogP contribution in [0.4, 0.5) is 11.4 Å². The number of methoxy groups -OCH3 is 2. The highest BCUT2D eigenvalue weighted by molar-refractivity contribution is 6.06. The maximum Gasteiger partial charge on any atom is 0.255 e. The van der Waals surface area contributed by atoms with Gasteiger partial charge in [-0.3, -0.25) is 4.79 Å². The van der Waals surface area contributed by atoms with Crippen molar-refractivity contribution < 1.29 is 14.3 Å². The van der Waals surface area contributed by atoms with E-state index >= 15 is 0 Å². The third-order valence-electron chi connectivity index (χ3n) is 4.86. The number of nitrogens with zero attached hydrogens (tertiary/aromatic N) is 1. The molecule has 3 rings (SSSR count). The fourth-order valence-corrected chi connectivity index (χ4v) is 3.40. The molecule has 1 saturated heterocycles. The molecule has 1 N–H and O–H groups in total. The van der Waals surface area contributed by atoms with E-state index < -0.39 is 0 Å². The minimum absolute atomic E-state index is 0.175. The first-order valence-corrected chi connectivity index (χ1v) is 9.02. The van der Waals surface area contributed by atoms with Crippen LogP contribution >= 0.6 is 0 Å². The summed E-state index contributed by atoms with van der Waals surface area (Å²) in [6, 6.07) is 11.5. The van der Waals surface area contributed by atoms with Crippen molar-refractivity contribution in [3.8, 4) is 11.5 Å². The highest BCUT2D eigenvalue weighted by Crippen LogP contribution is 2.32. The van der Waals surface area contributed by atoms with Crippen LogP contribution in [0, 0.1) is 6.92 Å². The molecule has 26 heavy (non-hydrogen) atoms. The Labute approximate surface area is 154 Å². The van der Waals surface area contributed by atoms with Crippen LogP contribution in [0.5, 0.6) is 11.5 Å². The van der Waals surface area contributed by atoms with E-state index in [2.05, 4.69) is 16.3 Å². The molecule has 0 unspecified atom stereocenters. The topological polar surface area (TPSA) is 50.8 Å². The number of benzene rings is 2. The summed E-state index contributed by atoms with van der Waals surface area (Å²) < 4.78 is 10.8. The molecule has 5 heteroatoms. The van der Waals surface area contributed by atoms with Gasteiger partial charge in [0.1, 0.15) is 11.5 Å². The highest BCUT2D eigenvalue weighted by atomic mass is 16.5. The van der Waals surface area contributed by atoms with Crippen LogP contribution in [0.15, 0.2) is 36.4 Å². The van der Waals surface area contributed by atoms with E-state index in [1.165, 1.54) is 19.3 Å². The molecule has 0 saturated carbocycles. The van der Waals surface area contributed by atoms with Gasteiger partial charge in [-0.2, -0.15) is 0 Å². The van der Waals surface area contributed by atoms with Gasteiger partial charge < -0.3 is 19.7 Å². The lowest BCUT2D eigenvalue weighted by molar-refractivity contribution is 0.102. The van der Waals surface area contributed by atoms with Crippen molar-refractivity contribution >= 4 is 17.3 Å². The summed E-state index contributed by atoms with van der Waals surface area (Å²) in [5.41, 5.74) is 3.29. The Morgan fingerprint density at radius 2 is 1.62 bits per heavy atom. The minimum Gasteiger partial charge on any atom is -0.496 e. The van der Waals surface area contributed by atoms with E-state index in [1.54, 1.807) is 26.4 Å². The van der Waals surface area contributed by atoms with E-state index in [0.29, 0.717) is 17.1 Å². The van der Waals surface area contributed by atoms with E-state index in [4.69, 9.17) is 9.47 Å². The molecule has 0 aliphatic carbocycles. The maximum atomic E-state index is 12.9. The van der Waals surface area contributed by atoms with E-state index in [9.17, 15) is 4.79 Å². The van der Waals surface area contributed by atoms with Gasteiger partial charge in [-0.15, -0.1) is 0 Å². The van der Waals surface area contributed by atoms with E-state index in [-0.39, 0.29) is 5.91 Å². The van der Waals surface area contributed by atoms with Gasteiger partial charge in [-0.1, -0.05) is 12.1 Å². The zero-order chi connectivity index (χ0) is 18.5. The molecule has 1 aliphatic rings. The first kappa shape index (κ1) is 18.1. The van der Waals surface area contributed by atoms with Crippen LogP contribution in [-0.4, -0.2) is 33.2 Å². The molecule has 1 heterocycles. The van der Waals surface area contributed by atoms with Crippen molar-refractivity contribution in [2.24, 2.45) is 0 Å². The van der Waals surface area contributed by atoms with Gasteiger partial charge in [-0.25, -0.2) is 0 Å². The lowest BCUT2D eigenvalue weighted by Crippen LogP contribution is -2.30. The second kappa shape index (κ2) is 8.13. The highest BCUT2D eigenvalue weighted by Gasteiger charge is 2.18. The summed E-state index contributed by atoms with van der Waals surface area (Å²) in [7, 11) is 3.18. The maximum absolute atomic E-state index is 12.9. The Kier molecular flexibility index (Phi) is 5.66. The summed E-state index contributed by atoms with van der Waals surface area (Å²) in [6.07, 6.45) is 3.65. The molecule has 1 fully saturated rings. The number of ether oxygens (including phenoxy) is 2. The van der Waals surface area contributed by atoms with E-state index in [0.717, 1.165) is 30.0 Å². The number of nitrogens with one attached hydrogen (secondary N) is 1. The molecule has 0 radical (unpaired) electrons. The Balaban J connectivity index is 1.87. The standard InChI is InChI=1S/C21H26N2O3/c1-15-19(25-2)13-16(14-20(15)26-3)21(24)22-17-9-5-6-10-18(17)23-11-7-4-8-12-23/h5-6,9-10,13-14H,4,7-8,11-12H2,1-3H3,(H,22,24). The van der Waals surface area contributed by atoms with Crippen molar-refractivity contribution in [2.75, 3.05) is 37.5 Å². The summed E-state index contributed by atoms with van der Waals surface area (Å²) in [6.45, 7) is 3.96. The van der Waals surface area contributed by atoms with Gasteiger partial charge >= 0.3 is 0 Å². The molecule has 138 valence electrons. The third-order valence-corrected chi connectivity index (χ3v) is 4.86. The number of piperidine rings is 1. The quantitative estimate of drug-likeness (QED) is 0.872. The lowest BCUT2D eigenvalue weighted by atomic mass is 10.1. The average Bonchev–Trinajstić information content (AvgIpc) is 2.69. The Bertz CT molecular complexity index is 758. The summed E-state index contributed by atoms with van der Waals surface area (Å²) in [5, 5.41) is 3.05. The van der Waals surface area contributed by atoms with Gasteiger partial charge in [0.25, 0.3) is 5.91 Å². The molecule has 0 aromatic heterocycles. The number of carbonyl (C=O) groups is 1. The van der Waals surface area contributed by atoms with Crippen LogP contribution in [-0.2, 0) is 0 Å². The van der Waals surface area contributed by atoms with Crippen molar-refractivity contribution in [3.05, 3.63) is 47.5 Å². The molecule has 0 spiro atoms. The summed E-state index contributed by atoms with van der Waals surface area (Å²) in [4.78, 5) is 15.2. The SMILES string of the molecule is COc1cc(C(=O)Nc2ccccc2N2CCCCC2)cc(OC)c1C. The molecule has 5 nitrogen and oxygen atoms in total. The monoisotopic (exact) mass is 354 g/mol. The fraction of sp³-hybridized carbons (Fsp3) is 0.381. The van der Waals surface area contributed by atoms with Gasteiger partial charge in [0.15, 0.2) is 0 Å². The van der Waals surface area contributed by atoms with Gasteiger partial charge in [0.2, 0.25) is 0 Å². The molecule has 0 bridgehead atoms. The number of rotatable bonds is 5. The van der Waals surface area contributed by atoms with Crippen LogP contribution in [0.2, 0.25) is 0 Å². The number of anilines is 2. The van der Waals surface area contributed by atoms with Gasteiger partial charge in [-0.05, 0) is 50.5 Å². The Morgan fingerprint density at radius 1 is 1.00 bits per heavy atom. The predicted molar refractivity (Wildman–Crippen MR) is 105 cm³/mol. The summed E-state index contributed by atoms with van der Waals surface area (Å²) in [5.74, 6) is 1.10. The second-order valence-corrected chi connectivity index (χ2v) is 6.52. The molecule has 2 aromatic carbocycles. The normalized spacial score (nSPS) is 14.0. The molecule has 0 atom stereocenters. The van der Waals surface area contributed by atoms with Crippen molar-refractivity contribution in [1.82, 2.24) is 0 Å². The first-order chi connectivity index (χ1) is 12.6. The van der Waals surface area contributed by atoms with Crippen LogP contribution in [0.25, 0.3) is 0 Å². The third kappa shape index (κ3) is 3.77. The predicted octanol–water partition coefficient (Wildman–Crippen LogP) is 4.25. The lowest BCUT2D eigenvalue weighted by Gasteiger charge is -2.30. The first-order valence-electron chi connectivity index (χ1n) is 9.02. The Morgan fingerprint density at radius 3 is 2.23 bits per heavy atom. The molecular formula is C21H26N2O3. The van der Waals surface area contributed by atoms with Crippen molar-refractivity contribution in [3.63, 3.8) is 0 Å². The number of para-hydroxylation sites is 2. The zero-order valence-electron chi connectivity index (χ0n) is 15.7. The van der Waals surface area contributed by atoms with Crippen molar-refractivity contribution in [2.45, 2.75) is 26.2 Å². The fourth-order valence-electron chi connectivity index (χ4n) is 3.40.